The Labute approximate surface area is 120 Å². The van der Waals surface area contributed by atoms with Gasteiger partial charge in [-0.25, -0.2) is 0 Å². The van der Waals surface area contributed by atoms with Crippen molar-refractivity contribution in [1.82, 2.24) is 5.32 Å². The molecule has 0 radical (unpaired) electrons. The van der Waals surface area contributed by atoms with E-state index in [0.717, 1.165) is 25.9 Å². The maximum Gasteiger partial charge on any atom is 0.239 e. The molecule has 0 spiro atoms. The molecule has 110 valence electrons. The summed E-state index contributed by atoms with van der Waals surface area (Å²) in [5.41, 5.74) is 6.94. The number of methoxy groups -OCH3 is 1. The van der Waals surface area contributed by atoms with E-state index in [0.29, 0.717) is 0 Å². The summed E-state index contributed by atoms with van der Waals surface area (Å²) >= 11 is 0. The van der Waals surface area contributed by atoms with Crippen LogP contribution in [0.25, 0.3) is 0 Å². The number of anilines is 1. The van der Waals surface area contributed by atoms with Crippen molar-refractivity contribution < 1.29 is 9.53 Å². The van der Waals surface area contributed by atoms with E-state index in [1.807, 2.05) is 18.2 Å². The molecule has 2 atom stereocenters. The lowest BCUT2D eigenvalue weighted by Gasteiger charge is -2.35. The van der Waals surface area contributed by atoms with Crippen LogP contribution in [0.3, 0.4) is 0 Å². The summed E-state index contributed by atoms with van der Waals surface area (Å²) in [6, 6.07) is 9.84. The van der Waals surface area contributed by atoms with Gasteiger partial charge in [0.1, 0.15) is 6.04 Å². The van der Waals surface area contributed by atoms with Crippen LogP contribution in [0.15, 0.2) is 30.3 Å². The Morgan fingerprint density at radius 1 is 1.50 bits per heavy atom. The van der Waals surface area contributed by atoms with E-state index in [4.69, 9.17) is 10.5 Å². The minimum atomic E-state index is -0.591. The van der Waals surface area contributed by atoms with Crippen LogP contribution in [-0.2, 0) is 9.53 Å². The van der Waals surface area contributed by atoms with Gasteiger partial charge in [0.15, 0.2) is 0 Å². The predicted octanol–water partition coefficient (Wildman–Crippen LogP) is 0.745. The van der Waals surface area contributed by atoms with Gasteiger partial charge in [-0.2, -0.15) is 0 Å². The van der Waals surface area contributed by atoms with Crippen LogP contribution in [0, 0.1) is 0 Å². The second kappa shape index (κ2) is 7.26. The number of hydrogen-bond donors (Lipinski definition) is 2. The predicted molar refractivity (Wildman–Crippen MR) is 79.7 cm³/mol. The zero-order valence-corrected chi connectivity index (χ0v) is 11.9. The number of ether oxygens (including phenoxy) is 1. The van der Waals surface area contributed by atoms with E-state index in [2.05, 4.69) is 22.3 Å². The highest BCUT2D eigenvalue weighted by Gasteiger charge is 2.23. The Kier molecular flexibility index (Phi) is 5.38. The fourth-order valence-corrected chi connectivity index (χ4v) is 2.53. The number of nitrogens with one attached hydrogen (secondary N) is 1. The van der Waals surface area contributed by atoms with Crippen LogP contribution < -0.4 is 16.0 Å². The minimum Gasteiger partial charge on any atom is -0.383 e. The summed E-state index contributed by atoms with van der Waals surface area (Å²) in [6.45, 7) is 2.11. The molecule has 1 aliphatic rings. The molecule has 0 aliphatic carbocycles. The van der Waals surface area contributed by atoms with E-state index in [9.17, 15) is 4.79 Å². The number of benzene rings is 1. The Hall–Kier alpha value is -1.59. The number of amides is 1. The van der Waals surface area contributed by atoms with Gasteiger partial charge in [0.05, 0.1) is 6.61 Å². The lowest BCUT2D eigenvalue weighted by Crippen LogP contribution is -2.53. The van der Waals surface area contributed by atoms with E-state index >= 15 is 0 Å². The summed E-state index contributed by atoms with van der Waals surface area (Å²) in [7, 11) is 1.55. The zero-order valence-electron chi connectivity index (χ0n) is 11.9. The minimum absolute atomic E-state index is 0.133. The van der Waals surface area contributed by atoms with Crippen molar-refractivity contribution in [3.05, 3.63) is 30.3 Å². The summed E-state index contributed by atoms with van der Waals surface area (Å²) in [4.78, 5) is 14.2. The highest BCUT2D eigenvalue weighted by atomic mass is 16.5. The Morgan fingerprint density at radius 3 is 2.95 bits per heavy atom. The fraction of sp³-hybridized carbons (Fsp3) is 0.533. The van der Waals surface area contributed by atoms with Crippen molar-refractivity contribution in [2.45, 2.75) is 24.9 Å². The van der Waals surface area contributed by atoms with Crippen LogP contribution in [0.2, 0.25) is 0 Å². The molecule has 5 heteroatoms. The molecular formula is C15H23N3O2. The van der Waals surface area contributed by atoms with E-state index in [1.165, 1.54) is 5.69 Å². The van der Waals surface area contributed by atoms with Gasteiger partial charge in [-0.1, -0.05) is 18.2 Å². The number of rotatable bonds is 5. The van der Waals surface area contributed by atoms with Crippen molar-refractivity contribution in [3.8, 4) is 0 Å². The normalized spacial score (nSPS) is 20.5. The van der Waals surface area contributed by atoms with E-state index in [1.54, 1.807) is 7.11 Å². The van der Waals surface area contributed by atoms with Crippen molar-refractivity contribution in [2.24, 2.45) is 5.73 Å². The number of piperidine rings is 1. The zero-order chi connectivity index (χ0) is 14.4. The van der Waals surface area contributed by atoms with Gasteiger partial charge in [-0.3, -0.25) is 4.79 Å². The number of carbonyl (C=O) groups is 1. The van der Waals surface area contributed by atoms with Gasteiger partial charge in [0.25, 0.3) is 0 Å². The average molecular weight is 277 g/mol. The Morgan fingerprint density at radius 2 is 2.25 bits per heavy atom. The second-order valence-electron chi connectivity index (χ2n) is 5.19. The lowest BCUT2D eigenvalue weighted by atomic mass is 10.0. The monoisotopic (exact) mass is 277 g/mol. The van der Waals surface area contributed by atoms with Gasteiger partial charge in [-0.15, -0.1) is 0 Å². The third-order valence-electron chi connectivity index (χ3n) is 3.57. The molecule has 2 rings (SSSR count). The van der Waals surface area contributed by atoms with Crippen molar-refractivity contribution >= 4 is 11.6 Å². The standard InChI is InChI=1S/C15H23N3O2/c1-20-11-14(16)15(19)17-12-6-5-9-18(10-12)13-7-3-2-4-8-13/h2-4,7-8,12,14H,5-6,9-11,16H2,1H3,(H,17,19). The molecule has 1 fully saturated rings. The topological polar surface area (TPSA) is 67.6 Å². The van der Waals surface area contributed by atoms with E-state index in [-0.39, 0.29) is 18.6 Å². The fourth-order valence-electron chi connectivity index (χ4n) is 2.53. The molecule has 0 bridgehead atoms. The molecule has 5 nitrogen and oxygen atoms in total. The maximum absolute atomic E-state index is 11.9. The molecule has 1 heterocycles. The number of para-hydroxylation sites is 1. The summed E-state index contributed by atoms with van der Waals surface area (Å²) < 4.78 is 4.91. The van der Waals surface area contributed by atoms with Crippen molar-refractivity contribution in [3.63, 3.8) is 0 Å². The van der Waals surface area contributed by atoms with Crippen LogP contribution in [0.4, 0.5) is 5.69 Å². The van der Waals surface area contributed by atoms with Gasteiger partial charge in [0, 0.05) is 31.9 Å². The second-order valence-corrected chi connectivity index (χ2v) is 5.19. The highest BCUT2D eigenvalue weighted by Crippen LogP contribution is 2.19. The summed E-state index contributed by atoms with van der Waals surface area (Å²) in [5.74, 6) is -0.133. The third-order valence-corrected chi connectivity index (χ3v) is 3.57. The first kappa shape index (κ1) is 14.8. The molecular weight excluding hydrogens is 254 g/mol. The first-order chi connectivity index (χ1) is 9.70. The van der Waals surface area contributed by atoms with Crippen LogP contribution in [0.1, 0.15) is 12.8 Å². The van der Waals surface area contributed by atoms with E-state index < -0.39 is 6.04 Å². The Balaban J connectivity index is 1.89. The number of nitrogens with zero attached hydrogens (tertiary/aromatic N) is 1. The molecule has 2 unspecified atom stereocenters. The molecule has 0 saturated carbocycles. The first-order valence-electron chi connectivity index (χ1n) is 7.05. The van der Waals surface area contributed by atoms with Crippen molar-refractivity contribution in [1.29, 1.82) is 0 Å². The van der Waals surface area contributed by atoms with Gasteiger partial charge >= 0.3 is 0 Å². The largest absolute Gasteiger partial charge is 0.383 e. The molecule has 0 aromatic heterocycles. The van der Waals surface area contributed by atoms with Crippen LogP contribution in [0.5, 0.6) is 0 Å². The summed E-state index contributed by atoms with van der Waals surface area (Å²) in [6.07, 6.45) is 2.06. The Bertz CT molecular complexity index is 424. The molecule has 1 amide bonds. The molecule has 1 aromatic rings. The molecule has 3 N–H and O–H groups in total. The molecule has 1 aliphatic heterocycles. The summed E-state index contributed by atoms with van der Waals surface area (Å²) in [5, 5.41) is 3.02. The number of carbonyl (C=O) groups excluding carboxylic acids is 1. The SMILES string of the molecule is COCC(N)C(=O)NC1CCCN(c2ccccc2)C1. The van der Waals surface area contributed by atoms with Gasteiger partial charge < -0.3 is 20.7 Å². The van der Waals surface area contributed by atoms with Gasteiger partial charge in [0.2, 0.25) is 5.91 Å². The molecule has 1 saturated heterocycles. The first-order valence-corrected chi connectivity index (χ1v) is 7.05. The third kappa shape index (κ3) is 3.95. The molecule has 1 aromatic carbocycles. The van der Waals surface area contributed by atoms with Crippen LogP contribution in [-0.4, -0.2) is 44.8 Å². The number of nitrogens with two attached hydrogens (primary N) is 1. The quantitative estimate of drug-likeness (QED) is 0.833. The highest BCUT2D eigenvalue weighted by molar-refractivity contribution is 5.82. The van der Waals surface area contributed by atoms with Crippen LogP contribution >= 0.6 is 0 Å². The van der Waals surface area contributed by atoms with Crippen molar-refractivity contribution in [2.75, 3.05) is 31.7 Å². The average Bonchev–Trinajstić information content (AvgIpc) is 2.48. The van der Waals surface area contributed by atoms with Gasteiger partial charge in [-0.05, 0) is 25.0 Å². The maximum atomic E-state index is 11.9. The lowest BCUT2D eigenvalue weighted by molar-refractivity contribution is -0.124. The smallest absolute Gasteiger partial charge is 0.239 e. The number of hydrogen-bond acceptors (Lipinski definition) is 4. The molecule has 20 heavy (non-hydrogen) atoms.